The number of aliphatic imine (C=N–C) groups is 1. The molecule has 0 spiro atoms. The Morgan fingerprint density at radius 2 is 2.06 bits per heavy atom. The average molecular weight is 555 g/mol. The van der Waals surface area contributed by atoms with E-state index in [9.17, 15) is 18.0 Å². The molecule has 2 atom stereocenters. The lowest BCUT2D eigenvalue weighted by Gasteiger charge is -2.19. The molecule has 10 heteroatoms. The Labute approximate surface area is 199 Å². The first-order valence-electron chi connectivity index (χ1n) is 10.4. The number of guanidine groups is 1. The molecule has 1 heterocycles. The first kappa shape index (κ1) is 27.5. The first-order valence-corrected chi connectivity index (χ1v) is 10.4. The number of benzene rings is 1. The van der Waals surface area contributed by atoms with E-state index in [0.717, 1.165) is 12.0 Å². The van der Waals surface area contributed by atoms with E-state index in [2.05, 4.69) is 20.9 Å². The number of hydrogen-bond acceptors (Lipinski definition) is 3. The van der Waals surface area contributed by atoms with Crippen LogP contribution in [0.3, 0.4) is 0 Å². The minimum absolute atomic E-state index is 0. The Morgan fingerprint density at radius 3 is 2.71 bits per heavy atom. The minimum Gasteiger partial charge on any atom is -0.357 e. The van der Waals surface area contributed by atoms with Crippen molar-refractivity contribution in [3.8, 4) is 0 Å². The molecular formula is C21H33F3IN5O. The second-order valence-electron chi connectivity index (χ2n) is 7.66. The number of likely N-dealkylation sites (tertiary alicyclic amines) is 1. The van der Waals surface area contributed by atoms with Crippen molar-refractivity contribution >= 4 is 35.8 Å². The van der Waals surface area contributed by atoms with Crippen molar-refractivity contribution in [2.75, 3.05) is 26.2 Å². The number of carbonyl (C=O) groups excluding carboxylic acids is 1. The van der Waals surface area contributed by atoms with Gasteiger partial charge in [0.05, 0.1) is 13.1 Å². The van der Waals surface area contributed by atoms with Crippen molar-refractivity contribution in [2.24, 2.45) is 4.99 Å². The largest absolute Gasteiger partial charge is 0.401 e. The lowest BCUT2D eigenvalue weighted by molar-refractivity contribution is -0.143. The highest BCUT2D eigenvalue weighted by Gasteiger charge is 2.34. The van der Waals surface area contributed by atoms with Crippen molar-refractivity contribution in [1.29, 1.82) is 0 Å². The van der Waals surface area contributed by atoms with Gasteiger partial charge in [0.15, 0.2) is 5.96 Å². The summed E-state index contributed by atoms with van der Waals surface area (Å²) < 4.78 is 37.7. The molecule has 1 fully saturated rings. The zero-order valence-corrected chi connectivity index (χ0v) is 20.6. The van der Waals surface area contributed by atoms with Crippen LogP contribution in [0, 0.1) is 0 Å². The van der Waals surface area contributed by atoms with Gasteiger partial charge in [-0.25, -0.2) is 4.99 Å². The number of alkyl halides is 3. The third-order valence-corrected chi connectivity index (χ3v) is 4.96. The molecule has 6 nitrogen and oxygen atoms in total. The molecule has 0 saturated carbocycles. The molecule has 0 radical (unpaired) electrons. The van der Waals surface area contributed by atoms with E-state index in [1.807, 2.05) is 39.0 Å². The summed E-state index contributed by atoms with van der Waals surface area (Å²) in [6, 6.07) is 7.31. The molecule has 3 N–H and O–H groups in total. The number of rotatable bonds is 8. The number of nitrogens with one attached hydrogen (secondary N) is 3. The van der Waals surface area contributed by atoms with E-state index in [0.29, 0.717) is 44.1 Å². The summed E-state index contributed by atoms with van der Waals surface area (Å²) in [5.74, 6) is 0.446. The molecule has 1 saturated heterocycles. The fraction of sp³-hybridized carbons (Fsp3) is 0.619. The lowest BCUT2D eigenvalue weighted by Crippen LogP contribution is -2.45. The van der Waals surface area contributed by atoms with E-state index in [1.54, 1.807) is 6.07 Å². The van der Waals surface area contributed by atoms with E-state index in [-0.39, 0.29) is 42.0 Å². The summed E-state index contributed by atoms with van der Waals surface area (Å²) in [7, 11) is 0. The first-order chi connectivity index (χ1) is 14.2. The molecule has 2 unspecified atom stereocenters. The molecule has 1 aromatic carbocycles. The highest BCUT2D eigenvalue weighted by atomic mass is 127. The van der Waals surface area contributed by atoms with Crippen molar-refractivity contribution in [1.82, 2.24) is 20.9 Å². The molecule has 1 aliphatic heterocycles. The Kier molecular flexibility index (Phi) is 11.6. The highest BCUT2D eigenvalue weighted by molar-refractivity contribution is 14.0. The van der Waals surface area contributed by atoms with Crippen LogP contribution in [0.1, 0.15) is 49.5 Å². The van der Waals surface area contributed by atoms with Gasteiger partial charge in [0, 0.05) is 37.3 Å². The number of amides is 1. The fourth-order valence-corrected chi connectivity index (χ4v) is 3.25. The summed E-state index contributed by atoms with van der Waals surface area (Å²) in [5, 5.41) is 9.30. The number of carbonyl (C=O) groups is 1. The molecule has 1 aliphatic rings. The van der Waals surface area contributed by atoms with Crippen LogP contribution >= 0.6 is 24.0 Å². The third kappa shape index (κ3) is 10.1. The van der Waals surface area contributed by atoms with Gasteiger partial charge in [0.25, 0.3) is 5.91 Å². The van der Waals surface area contributed by atoms with E-state index < -0.39 is 12.7 Å². The summed E-state index contributed by atoms with van der Waals surface area (Å²) in [4.78, 5) is 18.3. The monoisotopic (exact) mass is 555 g/mol. The van der Waals surface area contributed by atoms with Gasteiger partial charge < -0.3 is 16.0 Å². The highest BCUT2D eigenvalue weighted by Crippen LogP contribution is 2.20. The fourth-order valence-electron chi connectivity index (χ4n) is 3.25. The molecule has 0 aliphatic carbocycles. The molecule has 2 rings (SSSR count). The van der Waals surface area contributed by atoms with Crippen molar-refractivity contribution in [2.45, 2.75) is 58.4 Å². The number of halogens is 4. The van der Waals surface area contributed by atoms with Crippen LogP contribution in [0.2, 0.25) is 0 Å². The second-order valence-corrected chi connectivity index (χ2v) is 7.66. The molecule has 0 aromatic heterocycles. The van der Waals surface area contributed by atoms with Crippen LogP contribution in [0.4, 0.5) is 13.2 Å². The van der Waals surface area contributed by atoms with Gasteiger partial charge in [-0.2, -0.15) is 13.2 Å². The maximum Gasteiger partial charge on any atom is 0.401 e. The normalized spacial score (nSPS) is 18.3. The van der Waals surface area contributed by atoms with E-state index >= 15 is 0 Å². The third-order valence-electron chi connectivity index (χ3n) is 4.96. The topological polar surface area (TPSA) is 68.8 Å². The van der Waals surface area contributed by atoms with Gasteiger partial charge in [-0.3, -0.25) is 9.69 Å². The Balaban J connectivity index is 0.00000480. The average Bonchev–Trinajstić information content (AvgIpc) is 3.11. The molecular weight excluding hydrogens is 522 g/mol. The van der Waals surface area contributed by atoms with Crippen LogP contribution < -0.4 is 16.0 Å². The van der Waals surface area contributed by atoms with Gasteiger partial charge in [-0.05, 0) is 44.4 Å². The second kappa shape index (κ2) is 13.1. The van der Waals surface area contributed by atoms with Gasteiger partial charge in [-0.1, -0.05) is 19.1 Å². The van der Waals surface area contributed by atoms with Crippen LogP contribution in [0.15, 0.2) is 29.3 Å². The van der Waals surface area contributed by atoms with Crippen LogP contribution in [0.5, 0.6) is 0 Å². The van der Waals surface area contributed by atoms with Crippen molar-refractivity contribution in [3.63, 3.8) is 0 Å². The van der Waals surface area contributed by atoms with Crippen molar-refractivity contribution < 1.29 is 18.0 Å². The Morgan fingerprint density at radius 1 is 1.32 bits per heavy atom. The molecule has 1 aromatic rings. The summed E-state index contributed by atoms with van der Waals surface area (Å²) in [5.41, 5.74) is 1.47. The maximum atomic E-state index is 12.6. The number of hydrogen-bond donors (Lipinski definition) is 3. The van der Waals surface area contributed by atoms with E-state index in [4.69, 9.17) is 0 Å². The predicted octanol–water partition coefficient (Wildman–Crippen LogP) is 3.52. The van der Waals surface area contributed by atoms with Crippen LogP contribution in [0.25, 0.3) is 0 Å². The zero-order valence-electron chi connectivity index (χ0n) is 18.3. The molecule has 1 amide bonds. The molecule has 176 valence electrons. The smallest absolute Gasteiger partial charge is 0.357 e. The Bertz CT molecular complexity index is 729. The number of nitrogens with zero attached hydrogens (tertiary/aromatic N) is 2. The maximum absolute atomic E-state index is 12.6. The van der Waals surface area contributed by atoms with Crippen LogP contribution in [-0.2, 0) is 6.54 Å². The predicted molar refractivity (Wildman–Crippen MR) is 128 cm³/mol. The van der Waals surface area contributed by atoms with Crippen LogP contribution in [-0.4, -0.2) is 61.2 Å². The van der Waals surface area contributed by atoms with Gasteiger partial charge in [0.1, 0.15) is 0 Å². The lowest BCUT2D eigenvalue weighted by atomic mass is 10.1. The van der Waals surface area contributed by atoms with E-state index in [1.165, 1.54) is 4.90 Å². The SMILES string of the molecule is CCNC(=NCc1cccc(C(=O)NC(C)CC)c1)NC1CCN(CC(F)(F)F)C1.I. The van der Waals surface area contributed by atoms with Gasteiger partial charge >= 0.3 is 6.18 Å². The molecule has 31 heavy (non-hydrogen) atoms. The standard InChI is InChI=1S/C21H32F3N5O.HI/c1-4-15(3)27-19(30)17-8-6-7-16(11-17)12-26-20(25-5-2)28-18-9-10-29(13-18)14-21(22,23)24;/h6-8,11,15,18H,4-5,9-10,12-14H2,1-3H3,(H,27,30)(H2,25,26,28);1H. The Hall–Kier alpha value is -1.56. The minimum atomic E-state index is -4.18. The zero-order chi connectivity index (χ0) is 22.1. The van der Waals surface area contributed by atoms with Gasteiger partial charge in [0.2, 0.25) is 0 Å². The summed E-state index contributed by atoms with van der Waals surface area (Å²) in [6.07, 6.45) is -2.69. The van der Waals surface area contributed by atoms with Gasteiger partial charge in [-0.15, -0.1) is 24.0 Å². The summed E-state index contributed by atoms with van der Waals surface area (Å²) >= 11 is 0. The quantitative estimate of drug-likeness (QED) is 0.261. The summed E-state index contributed by atoms with van der Waals surface area (Å²) in [6.45, 7) is 6.75. The van der Waals surface area contributed by atoms with Crippen molar-refractivity contribution in [3.05, 3.63) is 35.4 Å². The molecule has 0 bridgehead atoms.